The van der Waals surface area contributed by atoms with Crippen molar-refractivity contribution in [3.63, 3.8) is 0 Å². The van der Waals surface area contributed by atoms with Gasteiger partial charge in [-0.05, 0) is 18.8 Å². The molecular weight excluding hydrogens is 266 g/mol. The van der Waals surface area contributed by atoms with Crippen molar-refractivity contribution in [3.05, 3.63) is 0 Å². The van der Waals surface area contributed by atoms with Crippen LogP contribution in [0.2, 0.25) is 0 Å². The number of hydrogen-bond acceptors (Lipinski definition) is 1. The van der Waals surface area contributed by atoms with Crippen LogP contribution in [0.4, 0.5) is 0 Å². The van der Waals surface area contributed by atoms with Gasteiger partial charge in [-0.25, -0.2) is 0 Å². The van der Waals surface area contributed by atoms with Crippen LogP contribution in [0.3, 0.4) is 0 Å². The first-order chi connectivity index (χ1) is 7.70. The molecule has 1 unspecified atom stereocenters. The van der Waals surface area contributed by atoms with Gasteiger partial charge in [-0.3, -0.25) is 4.79 Å². The van der Waals surface area contributed by atoms with Crippen LogP contribution >= 0.6 is 15.9 Å². The number of alkyl halides is 1. The van der Waals surface area contributed by atoms with Crippen molar-refractivity contribution in [1.82, 2.24) is 5.32 Å². The predicted molar refractivity (Wildman–Crippen MR) is 74.0 cm³/mol. The molecule has 0 aromatic rings. The molecule has 3 heteroatoms. The van der Waals surface area contributed by atoms with E-state index < -0.39 is 0 Å². The Kier molecular flexibility index (Phi) is 11.4. The lowest BCUT2D eigenvalue weighted by Gasteiger charge is -2.10. The summed E-state index contributed by atoms with van der Waals surface area (Å²) in [5.74, 6) is 0.793. The molecule has 0 aliphatic heterocycles. The fraction of sp³-hybridized carbons (Fsp3) is 0.923. The van der Waals surface area contributed by atoms with Crippen LogP contribution in [0.1, 0.15) is 58.8 Å². The van der Waals surface area contributed by atoms with Gasteiger partial charge in [-0.1, -0.05) is 55.5 Å². The van der Waals surface area contributed by atoms with Crippen LogP contribution in [0.5, 0.6) is 0 Å². The predicted octanol–water partition coefficient (Wildman–Crippen LogP) is 3.88. The molecule has 0 saturated carbocycles. The van der Waals surface area contributed by atoms with E-state index in [0.29, 0.717) is 12.3 Å². The Morgan fingerprint density at radius 2 is 1.94 bits per heavy atom. The SMILES string of the molecule is CCCCCCCC(=O)NCC(C)CCBr. The monoisotopic (exact) mass is 291 g/mol. The molecule has 0 spiro atoms. The van der Waals surface area contributed by atoms with Crippen LogP contribution in [0.15, 0.2) is 0 Å². The van der Waals surface area contributed by atoms with E-state index in [1.807, 2.05) is 0 Å². The van der Waals surface area contributed by atoms with Crippen molar-refractivity contribution in [2.24, 2.45) is 5.92 Å². The summed E-state index contributed by atoms with van der Waals surface area (Å²) in [6, 6.07) is 0. The van der Waals surface area contributed by atoms with Crippen LogP contribution in [0.25, 0.3) is 0 Å². The zero-order chi connectivity index (χ0) is 12.2. The van der Waals surface area contributed by atoms with E-state index in [9.17, 15) is 4.79 Å². The molecule has 1 atom stereocenters. The average molecular weight is 292 g/mol. The van der Waals surface area contributed by atoms with Crippen LogP contribution in [-0.4, -0.2) is 17.8 Å². The molecule has 96 valence electrons. The average Bonchev–Trinajstić information content (AvgIpc) is 2.26. The van der Waals surface area contributed by atoms with Gasteiger partial charge in [0.2, 0.25) is 5.91 Å². The van der Waals surface area contributed by atoms with Gasteiger partial charge in [0.25, 0.3) is 0 Å². The Balaban J connectivity index is 3.30. The van der Waals surface area contributed by atoms with Gasteiger partial charge in [-0.2, -0.15) is 0 Å². The largest absolute Gasteiger partial charge is 0.356 e. The summed E-state index contributed by atoms with van der Waals surface area (Å²) < 4.78 is 0. The Morgan fingerprint density at radius 1 is 1.25 bits per heavy atom. The number of hydrogen-bond donors (Lipinski definition) is 1. The maximum atomic E-state index is 11.5. The molecule has 0 fully saturated rings. The van der Waals surface area contributed by atoms with E-state index in [4.69, 9.17) is 0 Å². The third-order valence-electron chi connectivity index (χ3n) is 2.76. The van der Waals surface area contributed by atoms with Crippen molar-refractivity contribution in [2.75, 3.05) is 11.9 Å². The number of nitrogens with one attached hydrogen (secondary N) is 1. The molecule has 0 radical (unpaired) electrons. The summed E-state index contributed by atoms with van der Waals surface area (Å²) in [5, 5.41) is 4.01. The lowest BCUT2D eigenvalue weighted by molar-refractivity contribution is -0.121. The molecule has 0 aromatic carbocycles. The van der Waals surface area contributed by atoms with Gasteiger partial charge in [0.05, 0.1) is 0 Å². The van der Waals surface area contributed by atoms with Gasteiger partial charge in [-0.15, -0.1) is 0 Å². The fourth-order valence-electron chi connectivity index (χ4n) is 1.55. The third kappa shape index (κ3) is 10.5. The highest BCUT2D eigenvalue weighted by molar-refractivity contribution is 9.09. The second-order valence-corrected chi connectivity index (χ2v) is 5.34. The van der Waals surface area contributed by atoms with Crippen molar-refractivity contribution in [3.8, 4) is 0 Å². The van der Waals surface area contributed by atoms with Gasteiger partial charge >= 0.3 is 0 Å². The smallest absolute Gasteiger partial charge is 0.220 e. The molecule has 2 nitrogen and oxygen atoms in total. The molecule has 0 heterocycles. The summed E-state index contributed by atoms with van der Waals surface area (Å²) in [5.41, 5.74) is 0. The number of unbranched alkanes of at least 4 members (excludes halogenated alkanes) is 4. The summed E-state index contributed by atoms with van der Waals surface area (Å²) in [6.45, 7) is 5.19. The second kappa shape index (κ2) is 11.4. The van der Waals surface area contributed by atoms with E-state index in [0.717, 1.165) is 24.7 Å². The molecule has 0 aromatic heterocycles. The minimum absolute atomic E-state index is 0.220. The number of carbonyl (C=O) groups is 1. The molecule has 0 bridgehead atoms. The van der Waals surface area contributed by atoms with Gasteiger partial charge in [0, 0.05) is 18.3 Å². The first-order valence-corrected chi connectivity index (χ1v) is 7.65. The van der Waals surface area contributed by atoms with E-state index >= 15 is 0 Å². The van der Waals surface area contributed by atoms with Gasteiger partial charge < -0.3 is 5.32 Å². The van der Waals surface area contributed by atoms with E-state index in [1.165, 1.54) is 25.7 Å². The molecular formula is C13H26BrNO. The first kappa shape index (κ1) is 16.0. The normalized spacial score (nSPS) is 12.4. The van der Waals surface area contributed by atoms with Crippen molar-refractivity contribution < 1.29 is 4.79 Å². The maximum Gasteiger partial charge on any atom is 0.220 e. The molecule has 1 N–H and O–H groups in total. The molecule has 0 aliphatic rings. The number of rotatable bonds is 10. The zero-order valence-corrected chi connectivity index (χ0v) is 12.3. The summed E-state index contributed by atoms with van der Waals surface area (Å²) in [4.78, 5) is 11.5. The quantitative estimate of drug-likeness (QED) is 0.480. The summed E-state index contributed by atoms with van der Waals surface area (Å²) >= 11 is 3.41. The van der Waals surface area contributed by atoms with Crippen LogP contribution in [0, 0.1) is 5.92 Å². The van der Waals surface area contributed by atoms with Crippen molar-refractivity contribution >= 4 is 21.8 Å². The van der Waals surface area contributed by atoms with Crippen molar-refractivity contribution in [1.29, 1.82) is 0 Å². The van der Waals surface area contributed by atoms with E-state index in [1.54, 1.807) is 0 Å². The first-order valence-electron chi connectivity index (χ1n) is 6.53. The molecule has 16 heavy (non-hydrogen) atoms. The number of amides is 1. The number of halogens is 1. The zero-order valence-electron chi connectivity index (χ0n) is 10.7. The highest BCUT2D eigenvalue weighted by atomic mass is 79.9. The second-order valence-electron chi connectivity index (χ2n) is 4.55. The van der Waals surface area contributed by atoms with Gasteiger partial charge in [0.15, 0.2) is 0 Å². The lowest BCUT2D eigenvalue weighted by atomic mass is 10.1. The number of carbonyl (C=O) groups excluding carboxylic acids is 1. The lowest BCUT2D eigenvalue weighted by Crippen LogP contribution is -2.28. The fourth-order valence-corrected chi connectivity index (χ4v) is 2.34. The summed E-state index contributed by atoms with van der Waals surface area (Å²) in [6.07, 6.45) is 7.88. The molecule has 0 rings (SSSR count). The minimum atomic E-state index is 0.220. The minimum Gasteiger partial charge on any atom is -0.356 e. The third-order valence-corrected chi connectivity index (χ3v) is 3.21. The van der Waals surface area contributed by atoms with E-state index in [-0.39, 0.29) is 5.91 Å². The molecule has 0 saturated heterocycles. The Morgan fingerprint density at radius 3 is 2.56 bits per heavy atom. The van der Waals surface area contributed by atoms with Crippen LogP contribution < -0.4 is 5.32 Å². The summed E-state index contributed by atoms with van der Waals surface area (Å²) in [7, 11) is 0. The van der Waals surface area contributed by atoms with Crippen molar-refractivity contribution in [2.45, 2.75) is 58.8 Å². The standard InChI is InChI=1S/C13H26BrNO/c1-3-4-5-6-7-8-13(16)15-11-12(2)9-10-14/h12H,3-11H2,1-2H3,(H,15,16). The topological polar surface area (TPSA) is 29.1 Å². The van der Waals surface area contributed by atoms with E-state index in [2.05, 4.69) is 35.1 Å². The molecule has 0 aliphatic carbocycles. The maximum absolute atomic E-state index is 11.5. The highest BCUT2D eigenvalue weighted by Gasteiger charge is 2.04. The van der Waals surface area contributed by atoms with Gasteiger partial charge in [0.1, 0.15) is 0 Å². The molecule has 1 amide bonds. The van der Waals surface area contributed by atoms with Crippen LogP contribution in [-0.2, 0) is 4.79 Å². The highest BCUT2D eigenvalue weighted by Crippen LogP contribution is 2.05. The Hall–Kier alpha value is -0.0500. The Bertz CT molecular complexity index is 173. The Labute approximate surface area is 109 Å².